The van der Waals surface area contributed by atoms with E-state index in [9.17, 15) is 0 Å². The molecule has 0 amide bonds. The fourth-order valence-electron chi connectivity index (χ4n) is 0.753. The van der Waals surface area contributed by atoms with Crippen LogP contribution in [0.3, 0.4) is 0 Å². The van der Waals surface area contributed by atoms with Gasteiger partial charge in [0.05, 0.1) is 11.9 Å². The van der Waals surface area contributed by atoms with Gasteiger partial charge in [-0.05, 0) is 6.07 Å². The van der Waals surface area contributed by atoms with Crippen molar-refractivity contribution in [3.8, 4) is 18.2 Å². The molecule has 0 saturated carbocycles. The number of aromatic nitrogens is 1. The van der Waals surface area contributed by atoms with Gasteiger partial charge < -0.3 is 4.74 Å². The van der Waals surface area contributed by atoms with Gasteiger partial charge in [0.15, 0.2) is 6.61 Å². The molecule has 5 nitrogen and oxygen atoms in total. The maximum absolute atomic E-state index is 8.23. The molecule has 1 rings (SSSR count). The quantitative estimate of drug-likeness (QED) is 0.318. The van der Waals surface area contributed by atoms with E-state index in [0.717, 1.165) is 6.34 Å². The summed E-state index contributed by atoms with van der Waals surface area (Å²) < 4.78 is 5.05. The van der Waals surface area contributed by atoms with Crippen LogP contribution in [-0.2, 0) is 0 Å². The molecule has 5 heteroatoms. The first-order valence-corrected chi connectivity index (χ1v) is 3.81. The van der Waals surface area contributed by atoms with Crippen molar-refractivity contribution < 1.29 is 9.94 Å². The van der Waals surface area contributed by atoms with Crippen LogP contribution >= 0.6 is 0 Å². The summed E-state index contributed by atoms with van der Waals surface area (Å²) >= 11 is 0. The number of hydrogen-bond acceptors (Lipinski definition) is 4. The molecule has 14 heavy (non-hydrogen) atoms. The van der Waals surface area contributed by atoms with Gasteiger partial charge in [-0.15, -0.1) is 6.42 Å². The molecular formula is C9H9N3O2. The molecule has 0 fully saturated rings. The van der Waals surface area contributed by atoms with Gasteiger partial charge in [0.25, 0.3) is 0 Å². The second-order valence-electron chi connectivity index (χ2n) is 2.23. The molecule has 0 saturated heterocycles. The molecule has 72 valence electrons. The molecule has 0 aliphatic carbocycles. The zero-order chi connectivity index (χ0) is 10.2. The molecular weight excluding hydrogens is 182 g/mol. The van der Waals surface area contributed by atoms with E-state index in [2.05, 4.69) is 15.9 Å². The largest absolute Gasteiger partial charge is 0.464 e. The van der Waals surface area contributed by atoms with Crippen molar-refractivity contribution in [1.82, 2.24) is 10.5 Å². The summed E-state index contributed by atoms with van der Waals surface area (Å²) in [6.45, 7) is 0.188. The minimum absolute atomic E-state index is 0.188. The van der Waals surface area contributed by atoms with Crippen LogP contribution in [0.4, 0.5) is 5.69 Å². The zero-order valence-electron chi connectivity index (χ0n) is 7.34. The van der Waals surface area contributed by atoms with Gasteiger partial charge in [-0.25, -0.2) is 9.98 Å². The summed E-state index contributed by atoms with van der Waals surface area (Å²) in [5.74, 6) is 2.77. The van der Waals surface area contributed by atoms with Crippen LogP contribution in [-0.4, -0.2) is 23.1 Å². The molecule has 1 heterocycles. The average molecular weight is 191 g/mol. The number of nitrogens with one attached hydrogen (secondary N) is 1. The Bertz CT molecular complexity index is 340. The van der Waals surface area contributed by atoms with Crippen LogP contribution in [0.2, 0.25) is 0 Å². The van der Waals surface area contributed by atoms with E-state index in [1.165, 1.54) is 6.20 Å². The van der Waals surface area contributed by atoms with Gasteiger partial charge in [0, 0.05) is 6.07 Å². The highest BCUT2D eigenvalue weighted by Gasteiger charge is 1.93. The Morgan fingerprint density at radius 1 is 1.71 bits per heavy atom. The number of ether oxygens (including phenoxy) is 1. The summed E-state index contributed by atoms with van der Waals surface area (Å²) in [6, 6.07) is 3.33. The molecule has 0 spiro atoms. The minimum atomic E-state index is 0.188. The highest BCUT2D eigenvalue weighted by atomic mass is 16.5. The van der Waals surface area contributed by atoms with Crippen LogP contribution < -0.4 is 10.2 Å². The van der Waals surface area contributed by atoms with Crippen LogP contribution in [0.15, 0.2) is 23.3 Å². The molecule has 0 aromatic carbocycles. The molecule has 0 aliphatic heterocycles. The molecule has 0 unspecified atom stereocenters. The SMILES string of the molecule is C#CCOc1ccc(N=CNO)cn1. The lowest BCUT2D eigenvalue weighted by atomic mass is 10.4. The predicted molar refractivity (Wildman–Crippen MR) is 51.6 cm³/mol. The lowest BCUT2D eigenvalue weighted by Gasteiger charge is -1.99. The fourth-order valence-corrected chi connectivity index (χ4v) is 0.753. The summed E-state index contributed by atoms with van der Waals surface area (Å²) in [7, 11) is 0. The topological polar surface area (TPSA) is 66.7 Å². The van der Waals surface area contributed by atoms with Crippen LogP contribution in [0, 0.1) is 12.3 Å². The van der Waals surface area contributed by atoms with Gasteiger partial charge >= 0.3 is 0 Å². The summed E-state index contributed by atoms with van der Waals surface area (Å²) in [4.78, 5) is 7.73. The molecule has 0 aliphatic rings. The lowest BCUT2D eigenvalue weighted by Crippen LogP contribution is -2.01. The maximum Gasteiger partial charge on any atom is 0.214 e. The third kappa shape index (κ3) is 3.13. The Morgan fingerprint density at radius 3 is 3.14 bits per heavy atom. The van der Waals surface area contributed by atoms with E-state index < -0.39 is 0 Å². The molecule has 0 radical (unpaired) electrons. The predicted octanol–water partition coefficient (Wildman–Crippen LogP) is 0.732. The Morgan fingerprint density at radius 2 is 2.57 bits per heavy atom. The number of aliphatic imine (C=N–C) groups is 1. The molecule has 1 aromatic heterocycles. The van der Waals surface area contributed by atoms with Crippen molar-refractivity contribution >= 4 is 12.0 Å². The van der Waals surface area contributed by atoms with Crippen molar-refractivity contribution in [3.05, 3.63) is 18.3 Å². The van der Waals surface area contributed by atoms with E-state index in [-0.39, 0.29) is 6.61 Å². The molecule has 1 aromatic rings. The van der Waals surface area contributed by atoms with Gasteiger partial charge in [-0.1, -0.05) is 5.92 Å². The average Bonchev–Trinajstić information content (AvgIpc) is 2.25. The first kappa shape index (κ1) is 10.0. The second kappa shape index (κ2) is 5.56. The van der Waals surface area contributed by atoms with Gasteiger partial charge in [0.2, 0.25) is 5.88 Å². The maximum atomic E-state index is 8.23. The van der Waals surface area contributed by atoms with E-state index >= 15 is 0 Å². The fraction of sp³-hybridized carbons (Fsp3) is 0.111. The molecule has 0 atom stereocenters. The standard InChI is InChI=1S/C9H9N3O2/c1-2-5-14-9-4-3-8(6-10-9)11-7-12-13/h1,3-4,6-7,13H,5H2,(H,11,12). The van der Waals surface area contributed by atoms with Crippen LogP contribution in [0.1, 0.15) is 0 Å². The van der Waals surface area contributed by atoms with Crippen LogP contribution in [0.25, 0.3) is 0 Å². The van der Waals surface area contributed by atoms with Crippen molar-refractivity contribution in [2.45, 2.75) is 0 Å². The zero-order valence-corrected chi connectivity index (χ0v) is 7.34. The van der Waals surface area contributed by atoms with Crippen molar-refractivity contribution in [3.63, 3.8) is 0 Å². The number of pyridine rings is 1. The number of nitrogens with zero attached hydrogens (tertiary/aromatic N) is 2. The van der Waals surface area contributed by atoms with Gasteiger partial charge in [-0.3, -0.25) is 10.7 Å². The summed E-state index contributed by atoms with van der Waals surface area (Å²) in [5, 5.41) is 8.23. The van der Waals surface area contributed by atoms with Gasteiger partial charge in [-0.2, -0.15) is 0 Å². The Kier molecular flexibility index (Phi) is 3.98. The third-order valence-corrected chi connectivity index (χ3v) is 1.30. The summed E-state index contributed by atoms with van der Waals surface area (Å²) in [6.07, 6.45) is 7.65. The highest BCUT2D eigenvalue weighted by Crippen LogP contribution is 2.13. The first-order valence-electron chi connectivity index (χ1n) is 3.81. The van der Waals surface area contributed by atoms with Crippen molar-refractivity contribution in [1.29, 1.82) is 0 Å². The van der Waals surface area contributed by atoms with Crippen LogP contribution in [0.5, 0.6) is 5.88 Å². The van der Waals surface area contributed by atoms with Crippen molar-refractivity contribution in [2.75, 3.05) is 6.61 Å². The molecule has 2 N–H and O–H groups in total. The van der Waals surface area contributed by atoms with Crippen molar-refractivity contribution in [2.24, 2.45) is 4.99 Å². The Balaban J connectivity index is 2.60. The number of rotatable bonds is 4. The first-order chi connectivity index (χ1) is 6.86. The third-order valence-electron chi connectivity index (χ3n) is 1.30. The molecule has 0 bridgehead atoms. The van der Waals surface area contributed by atoms with E-state index in [4.69, 9.17) is 16.4 Å². The number of hydroxylamine groups is 1. The monoisotopic (exact) mass is 191 g/mol. The van der Waals surface area contributed by atoms with E-state index in [1.54, 1.807) is 17.6 Å². The van der Waals surface area contributed by atoms with E-state index in [0.29, 0.717) is 11.6 Å². The smallest absolute Gasteiger partial charge is 0.214 e. The number of hydrogen-bond donors (Lipinski definition) is 2. The highest BCUT2D eigenvalue weighted by molar-refractivity contribution is 5.59. The Hall–Kier alpha value is -2.06. The minimum Gasteiger partial charge on any atom is -0.464 e. The van der Waals surface area contributed by atoms with E-state index in [1.807, 2.05) is 0 Å². The number of terminal acetylenes is 1. The normalized spacial score (nSPS) is 9.71. The summed E-state index contributed by atoms with van der Waals surface area (Å²) in [5.41, 5.74) is 2.38. The van der Waals surface area contributed by atoms with Gasteiger partial charge in [0.1, 0.15) is 6.34 Å². The Labute approximate surface area is 81.4 Å². The second-order valence-corrected chi connectivity index (χ2v) is 2.23. The lowest BCUT2D eigenvalue weighted by molar-refractivity contribution is 0.240.